The van der Waals surface area contributed by atoms with Crippen molar-refractivity contribution in [3.05, 3.63) is 11.6 Å². The van der Waals surface area contributed by atoms with Crippen molar-refractivity contribution in [2.75, 3.05) is 26.3 Å². The summed E-state index contributed by atoms with van der Waals surface area (Å²) < 4.78 is 10.0. The van der Waals surface area contributed by atoms with Gasteiger partial charge in [-0.2, -0.15) is 0 Å². The number of carbonyl (C=O) groups excluding carboxylic acids is 2. The Hall–Kier alpha value is -1.89. The number of carboxylic acid groups (broad SMARTS) is 1. The zero-order valence-electron chi connectivity index (χ0n) is 10.9. The smallest absolute Gasteiger partial charge is 0.334 e. The van der Waals surface area contributed by atoms with Crippen LogP contribution in [0.3, 0.4) is 0 Å². The third-order valence-corrected chi connectivity index (χ3v) is 2.62. The largest absolute Gasteiger partial charge is 0.478 e. The molecule has 19 heavy (non-hydrogen) atoms. The molecule has 0 radical (unpaired) electrons. The Kier molecular flexibility index (Phi) is 5.50. The van der Waals surface area contributed by atoms with Gasteiger partial charge in [0.25, 0.3) is 5.91 Å². The Bertz CT molecular complexity index is 397. The molecule has 0 unspecified atom stereocenters. The summed E-state index contributed by atoms with van der Waals surface area (Å²) in [5.41, 5.74) is -0.0610. The van der Waals surface area contributed by atoms with Gasteiger partial charge < -0.3 is 19.5 Å². The van der Waals surface area contributed by atoms with Gasteiger partial charge in [-0.3, -0.25) is 4.79 Å². The molecule has 1 aliphatic rings. The Labute approximate surface area is 110 Å². The van der Waals surface area contributed by atoms with Gasteiger partial charge in [0.1, 0.15) is 0 Å². The van der Waals surface area contributed by atoms with E-state index < -0.39 is 18.0 Å². The second kappa shape index (κ2) is 6.89. The number of hydrogen-bond acceptors (Lipinski definition) is 5. The molecule has 0 aromatic rings. The third-order valence-electron chi connectivity index (χ3n) is 2.62. The monoisotopic (exact) mass is 271 g/mol. The first-order chi connectivity index (χ1) is 8.91. The second-order valence-corrected chi connectivity index (χ2v) is 4.15. The van der Waals surface area contributed by atoms with Crippen LogP contribution in [0.15, 0.2) is 11.6 Å². The third kappa shape index (κ3) is 4.70. The summed E-state index contributed by atoms with van der Waals surface area (Å²) >= 11 is 0. The van der Waals surface area contributed by atoms with Gasteiger partial charge in [0, 0.05) is 24.7 Å². The predicted molar refractivity (Wildman–Crippen MR) is 64.3 cm³/mol. The van der Waals surface area contributed by atoms with E-state index in [9.17, 15) is 14.4 Å². The van der Waals surface area contributed by atoms with Crippen LogP contribution in [0.25, 0.3) is 0 Å². The molecule has 1 N–H and O–H groups in total. The summed E-state index contributed by atoms with van der Waals surface area (Å²) in [6.07, 6.45) is -0.198. The van der Waals surface area contributed by atoms with Crippen LogP contribution in [0.5, 0.6) is 0 Å². The van der Waals surface area contributed by atoms with Gasteiger partial charge in [-0.1, -0.05) is 0 Å². The van der Waals surface area contributed by atoms with E-state index in [0.29, 0.717) is 26.3 Å². The van der Waals surface area contributed by atoms with Crippen molar-refractivity contribution in [3.63, 3.8) is 0 Å². The molecule has 0 spiro atoms. The molecule has 106 valence electrons. The highest BCUT2D eigenvalue weighted by atomic mass is 16.5. The molecule has 0 saturated carbocycles. The van der Waals surface area contributed by atoms with Gasteiger partial charge in [0.15, 0.2) is 6.10 Å². The van der Waals surface area contributed by atoms with Gasteiger partial charge >= 0.3 is 11.9 Å². The topological polar surface area (TPSA) is 93.1 Å². The lowest BCUT2D eigenvalue weighted by molar-refractivity contribution is -0.158. The molecule has 0 aromatic heterocycles. The minimum atomic E-state index is -1.23. The molecule has 1 heterocycles. The first kappa shape index (κ1) is 15.2. The van der Waals surface area contributed by atoms with Gasteiger partial charge in [0.2, 0.25) is 0 Å². The highest BCUT2D eigenvalue weighted by Gasteiger charge is 2.25. The molecule has 1 atom stereocenters. The summed E-state index contributed by atoms with van der Waals surface area (Å²) in [7, 11) is 0. The lowest BCUT2D eigenvalue weighted by Gasteiger charge is -2.28. The van der Waals surface area contributed by atoms with Crippen LogP contribution in [0.2, 0.25) is 0 Å². The Morgan fingerprint density at radius 3 is 2.42 bits per heavy atom. The fraction of sp³-hybridized carbons (Fsp3) is 0.583. The van der Waals surface area contributed by atoms with E-state index in [1.54, 1.807) is 4.90 Å². The van der Waals surface area contributed by atoms with Crippen LogP contribution in [0, 0.1) is 0 Å². The molecular formula is C12H17NO6. The van der Waals surface area contributed by atoms with Crippen LogP contribution >= 0.6 is 0 Å². The molecule has 1 amide bonds. The molecule has 1 rings (SSSR count). The van der Waals surface area contributed by atoms with E-state index in [0.717, 1.165) is 6.08 Å². The Morgan fingerprint density at radius 2 is 1.89 bits per heavy atom. The molecule has 7 heteroatoms. The number of esters is 1. The van der Waals surface area contributed by atoms with E-state index in [1.807, 2.05) is 0 Å². The number of amides is 1. The van der Waals surface area contributed by atoms with Crippen LogP contribution in [-0.4, -0.2) is 60.3 Å². The maximum atomic E-state index is 11.9. The summed E-state index contributed by atoms with van der Waals surface area (Å²) in [4.78, 5) is 35.4. The summed E-state index contributed by atoms with van der Waals surface area (Å²) in [6.45, 7) is 4.64. The fourth-order valence-electron chi connectivity index (χ4n) is 1.59. The molecular weight excluding hydrogens is 254 g/mol. The minimum Gasteiger partial charge on any atom is -0.478 e. The van der Waals surface area contributed by atoms with E-state index >= 15 is 0 Å². The van der Waals surface area contributed by atoms with E-state index in [1.165, 1.54) is 13.8 Å². The first-order valence-electron chi connectivity index (χ1n) is 5.90. The maximum absolute atomic E-state index is 11.9. The average Bonchev–Trinajstić information content (AvgIpc) is 2.37. The normalized spacial score (nSPS) is 17.8. The summed E-state index contributed by atoms with van der Waals surface area (Å²) in [5, 5.41) is 8.51. The molecule has 1 saturated heterocycles. The van der Waals surface area contributed by atoms with Crippen molar-refractivity contribution in [3.8, 4) is 0 Å². The van der Waals surface area contributed by atoms with E-state index in [-0.39, 0.29) is 11.5 Å². The van der Waals surface area contributed by atoms with E-state index in [2.05, 4.69) is 0 Å². The minimum absolute atomic E-state index is 0.0610. The SMILES string of the molecule is CC(=CC(=O)O)C(=O)O[C@@H](C)C(=O)N1CCOCC1. The number of carboxylic acids is 1. The molecule has 7 nitrogen and oxygen atoms in total. The second-order valence-electron chi connectivity index (χ2n) is 4.15. The van der Waals surface area contributed by atoms with Gasteiger partial charge in [-0.05, 0) is 13.8 Å². The fourth-order valence-corrected chi connectivity index (χ4v) is 1.59. The zero-order valence-corrected chi connectivity index (χ0v) is 10.9. The van der Waals surface area contributed by atoms with Crippen molar-refractivity contribution in [2.45, 2.75) is 20.0 Å². The lowest BCUT2D eigenvalue weighted by Crippen LogP contribution is -2.46. The number of ether oxygens (including phenoxy) is 2. The predicted octanol–water partition coefficient (Wildman–Crippen LogP) is -0.192. The van der Waals surface area contributed by atoms with Gasteiger partial charge in [-0.15, -0.1) is 0 Å². The number of morpholine rings is 1. The Balaban J connectivity index is 2.53. The van der Waals surface area contributed by atoms with Crippen molar-refractivity contribution < 1.29 is 29.0 Å². The number of hydrogen-bond donors (Lipinski definition) is 1. The number of rotatable bonds is 4. The van der Waals surface area contributed by atoms with Crippen LogP contribution in [-0.2, 0) is 23.9 Å². The van der Waals surface area contributed by atoms with E-state index in [4.69, 9.17) is 14.6 Å². The highest BCUT2D eigenvalue weighted by molar-refractivity contribution is 5.96. The molecule has 0 bridgehead atoms. The van der Waals surface area contributed by atoms with Gasteiger partial charge in [0.05, 0.1) is 13.2 Å². The van der Waals surface area contributed by atoms with Crippen LogP contribution in [0.1, 0.15) is 13.8 Å². The first-order valence-corrected chi connectivity index (χ1v) is 5.90. The van der Waals surface area contributed by atoms with Crippen molar-refractivity contribution in [1.82, 2.24) is 4.90 Å². The average molecular weight is 271 g/mol. The standard InChI is InChI=1S/C12H17NO6/c1-8(7-10(14)15)12(17)19-9(2)11(16)13-3-5-18-6-4-13/h7,9H,3-6H2,1-2H3,(H,14,15)/t9-/m0/s1. The zero-order chi connectivity index (χ0) is 14.4. The molecule has 0 aliphatic carbocycles. The Morgan fingerprint density at radius 1 is 1.32 bits per heavy atom. The maximum Gasteiger partial charge on any atom is 0.334 e. The van der Waals surface area contributed by atoms with Crippen LogP contribution in [0.4, 0.5) is 0 Å². The molecule has 1 fully saturated rings. The van der Waals surface area contributed by atoms with Crippen molar-refractivity contribution >= 4 is 17.8 Å². The highest BCUT2D eigenvalue weighted by Crippen LogP contribution is 2.06. The van der Waals surface area contributed by atoms with Crippen molar-refractivity contribution in [1.29, 1.82) is 0 Å². The van der Waals surface area contributed by atoms with Crippen LogP contribution < -0.4 is 0 Å². The molecule has 1 aliphatic heterocycles. The van der Waals surface area contributed by atoms with Crippen molar-refractivity contribution in [2.24, 2.45) is 0 Å². The lowest BCUT2D eigenvalue weighted by atomic mass is 10.2. The number of carbonyl (C=O) groups is 3. The quantitative estimate of drug-likeness (QED) is 0.562. The summed E-state index contributed by atoms with van der Waals surface area (Å²) in [5.74, 6) is -2.35. The molecule has 0 aromatic carbocycles. The number of aliphatic carboxylic acids is 1. The van der Waals surface area contributed by atoms with Gasteiger partial charge in [-0.25, -0.2) is 9.59 Å². The summed E-state index contributed by atoms with van der Waals surface area (Å²) in [6, 6.07) is 0. The number of nitrogens with zero attached hydrogens (tertiary/aromatic N) is 1.